The SMILES string of the molecule is CC1CCCC1C(N)C1CCCc2cccnc21. The predicted octanol–water partition coefficient (Wildman–Crippen LogP) is 3.27. The van der Waals surface area contributed by atoms with Crippen LogP contribution in [-0.2, 0) is 6.42 Å². The number of hydrogen-bond donors (Lipinski definition) is 1. The van der Waals surface area contributed by atoms with Crippen molar-refractivity contribution in [3.8, 4) is 0 Å². The van der Waals surface area contributed by atoms with E-state index in [4.69, 9.17) is 5.73 Å². The van der Waals surface area contributed by atoms with Gasteiger partial charge < -0.3 is 5.73 Å². The van der Waals surface area contributed by atoms with E-state index in [0.29, 0.717) is 17.9 Å². The molecule has 4 unspecified atom stereocenters. The van der Waals surface area contributed by atoms with E-state index >= 15 is 0 Å². The average Bonchev–Trinajstić information content (AvgIpc) is 2.83. The second-order valence-electron chi connectivity index (χ2n) is 6.20. The topological polar surface area (TPSA) is 38.9 Å². The molecule has 1 heterocycles. The Morgan fingerprint density at radius 3 is 2.94 bits per heavy atom. The first kappa shape index (κ1) is 12.2. The molecule has 2 nitrogen and oxygen atoms in total. The summed E-state index contributed by atoms with van der Waals surface area (Å²) < 4.78 is 0. The Kier molecular flexibility index (Phi) is 3.38. The maximum Gasteiger partial charge on any atom is 0.0481 e. The van der Waals surface area contributed by atoms with Crippen LogP contribution in [0.4, 0.5) is 0 Å². The van der Waals surface area contributed by atoms with Gasteiger partial charge in [0.25, 0.3) is 0 Å². The van der Waals surface area contributed by atoms with Crippen molar-refractivity contribution in [2.24, 2.45) is 17.6 Å². The second kappa shape index (κ2) is 5.00. The van der Waals surface area contributed by atoms with Gasteiger partial charge >= 0.3 is 0 Å². The highest BCUT2D eigenvalue weighted by atomic mass is 14.8. The molecule has 18 heavy (non-hydrogen) atoms. The summed E-state index contributed by atoms with van der Waals surface area (Å²) >= 11 is 0. The molecule has 1 fully saturated rings. The van der Waals surface area contributed by atoms with Crippen molar-refractivity contribution in [3.05, 3.63) is 29.6 Å². The average molecular weight is 244 g/mol. The number of nitrogens with zero attached hydrogens (tertiary/aromatic N) is 1. The molecule has 0 bridgehead atoms. The fraction of sp³-hybridized carbons (Fsp3) is 0.688. The lowest BCUT2D eigenvalue weighted by atomic mass is 9.75. The molecule has 98 valence electrons. The van der Waals surface area contributed by atoms with Gasteiger partial charge in [0.15, 0.2) is 0 Å². The van der Waals surface area contributed by atoms with Crippen molar-refractivity contribution in [1.82, 2.24) is 4.98 Å². The number of aromatic nitrogens is 1. The van der Waals surface area contributed by atoms with E-state index in [-0.39, 0.29) is 0 Å². The van der Waals surface area contributed by atoms with Crippen LogP contribution in [0.3, 0.4) is 0 Å². The van der Waals surface area contributed by atoms with Crippen LogP contribution in [0.2, 0.25) is 0 Å². The Bertz CT molecular complexity index is 415. The van der Waals surface area contributed by atoms with Gasteiger partial charge in [0.05, 0.1) is 0 Å². The molecule has 1 aromatic heterocycles. The largest absolute Gasteiger partial charge is 0.327 e. The molecule has 0 spiro atoms. The Morgan fingerprint density at radius 1 is 1.28 bits per heavy atom. The van der Waals surface area contributed by atoms with E-state index in [0.717, 1.165) is 5.92 Å². The number of hydrogen-bond acceptors (Lipinski definition) is 2. The van der Waals surface area contributed by atoms with E-state index in [1.165, 1.54) is 49.8 Å². The van der Waals surface area contributed by atoms with Gasteiger partial charge in [-0.15, -0.1) is 0 Å². The molecule has 4 atom stereocenters. The van der Waals surface area contributed by atoms with Crippen LogP contribution in [-0.4, -0.2) is 11.0 Å². The molecule has 1 aromatic rings. The molecule has 2 aliphatic rings. The van der Waals surface area contributed by atoms with Crippen molar-refractivity contribution in [2.75, 3.05) is 0 Å². The molecule has 3 rings (SSSR count). The molecule has 0 radical (unpaired) electrons. The molecule has 2 heteroatoms. The quantitative estimate of drug-likeness (QED) is 0.867. The Labute approximate surface area is 110 Å². The molecule has 2 N–H and O–H groups in total. The van der Waals surface area contributed by atoms with Crippen molar-refractivity contribution >= 4 is 0 Å². The first-order valence-electron chi connectivity index (χ1n) is 7.46. The summed E-state index contributed by atoms with van der Waals surface area (Å²) in [5.74, 6) is 2.01. The van der Waals surface area contributed by atoms with Gasteiger partial charge in [-0.1, -0.05) is 25.8 Å². The van der Waals surface area contributed by atoms with Gasteiger partial charge in [-0.3, -0.25) is 4.98 Å². The van der Waals surface area contributed by atoms with E-state index in [1.54, 1.807) is 0 Å². The summed E-state index contributed by atoms with van der Waals surface area (Å²) in [5.41, 5.74) is 9.36. The van der Waals surface area contributed by atoms with E-state index in [2.05, 4.69) is 24.0 Å². The number of aryl methyl sites for hydroxylation is 1. The van der Waals surface area contributed by atoms with Gasteiger partial charge in [0.1, 0.15) is 0 Å². The first-order valence-corrected chi connectivity index (χ1v) is 7.46. The summed E-state index contributed by atoms with van der Waals surface area (Å²) in [4.78, 5) is 4.64. The van der Waals surface area contributed by atoms with Gasteiger partial charge in [-0.05, 0) is 49.1 Å². The lowest BCUT2D eigenvalue weighted by molar-refractivity contribution is 0.288. The van der Waals surface area contributed by atoms with E-state index < -0.39 is 0 Å². The number of fused-ring (bicyclic) bond motifs is 1. The molecule has 0 aliphatic heterocycles. The maximum atomic E-state index is 6.62. The molecular formula is C16H24N2. The van der Waals surface area contributed by atoms with E-state index in [9.17, 15) is 0 Å². The van der Waals surface area contributed by atoms with Crippen LogP contribution in [0.15, 0.2) is 18.3 Å². The van der Waals surface area contributed by atoms with E-state index in [1.807, 2.05) is 6.20 Å². The zero-order chi connectivity index (χ0) is 12.5. The third-order valence-electron chi connectivity index (χ3n) is 5.13. The smallest absolute Gasteiger partial charge is 0.0481 e. The van der Waals surface area contributed by atoms with Crippen molar-refractivity contribution in [2.45, 2.75) is 57.4 Å². The third-order valence-corrected chi connectivity index (χ3v) is 5.13. The maximum absolute atomic E-state index is 6.62. The number of rotatable bonds is 2. The fourth-order valence-corrected chi connectivity index (χ4v) is 4.06. The van der Waals surface area contributed by atoms with Crippen molar-refractivity contribution in [1.29, 1.82) is 0 Å². The first-order chi connectivity index (χ1) is 8.77. The molecule has 0 saturated heterocycles. The molecule has 0 amide bonds. The summed E-state index contributed by atoms with van der Waals surface area (Å²) in [6, 6.07) is 4.61. The normalized spacial score (nSPS) is 33.1. The number of nitrogens with two attached hydrogens (primary N) is 1. The molecule has 0 aromatic carbocycles. The predicted molar refractivity (Wildman–Crippen MR) is 74.4 cm³/mol. The zero-order valence-corrected chi connectivity index (χ0v) is 11.3. The van der Waals surface area contributed by atoms with Crippen LogP contribution in [0.25, 0.3) is 0 Å². The monoisotopic (exact) mass is 244 g/mol. The zero-order valence-electron chi connectivity index (χ0n) is 11.3. The minimum absolute atomic E-state index is 0.316. The summed E-state index contributed by atoms with van der Waals surface area (Å²) in [5, 5.41) is 0. The Balaban J connectivity index is 1.84. The molecule has 2 aliphatic carbocycles. The van der Waals surface area contributed by atoms with Crippen LogP contribution < -0.4 is 5.73 Å². The molecular weight excluding hydrogens is 220 g/mol. The second-order valence-corrected chi connectivity index (χ2v) is 6.20. The van der Waals surface area contributed by atoms with Crippen LogP contribution in [0.1, 0.15) is 56.2 Å². The highest BCUT2D eigenvalue weighted by molar-refractivity contribution is 5.27. The van der Waals surface area contributed by atoms with Gasteiger partial charge in [-0.25, -0.2) is 0 Å². The van der Waals surface area contributed by atoms with Crippen LogP contribution in [0.5, 0.6) is 0 Å². The summed E-state index contributed by atoms with van der Waals surface area (Å²) in [6.45, 7) is 2.37. The highest BCUT2D eigenvalue weighted by Gasteiger charge is 2.36. The summed E-state index contributed by atoms with van der Waals surface area (Å²) in [7, 11) is 0. The van der Waals surface area contributed by atoms with Gasteiger partial charge in [-0.2, -0.15) is 0 Å². The lowest BCUT2D eigenvalue weighted by Crippen LogP contribution is -2.39. The van der Waals surface area contributed by atoms with Gasteiger partial charge in [0, 0.05) is 23.9 Å². The van der Waals surface area contributed by atoms with Gasteiger partial charge in [0.2, 0.25) is 0 Å². The van der Waals surface area contributed by atoms with Crippen LogP contribution >= 0.6 is 0 Å². The lowest BCUT2D eigenvalue weighted by Gasteiger charge is -2.34. The Hall–Kier alpha value is -0.890. The standard InChI is InChI=1S/C16H24N2/c1-11-5-2-8-13(11)15(17)14-9-3-6-12-7-4-10-18-16(12)14/h4,7,10-11,13-15H,2-3,5-6,8-9,17H2,1H3. The Morgan fingerprint density at radius 2 is 2.17 bits per heavy atom. The third kappa shape index (κ3) is 2.07. The van der Waals surface area contributed by atoms with Crippen molar-refractivity contribution in [3.63, 3.8) is 0 Å². The van der Waals surface area contributed by atoms with Crippen LogP contribution in [0, 0.1) is 11.8 Å². The highest BCUT2D eigenvalue weighted by Crippen LogP contribution is 2.41. The fourth-order valence-electron chi connectivity index (χ4n) is 4.06. The summed E-state index contributed by atoms with van der Waals surface area (Å²) in [6.07, 6.45) is 9.67. The van der Waals surface area contributed by atoms with Crippen molar-refractivity contribution < 1.29 is 0 Å². The minimum Gasteiger partial charge on any atom is -0.327 e. The number of pyridine rings is 1. The molecule has 1 saturated carbocycles. The minimum atomic E-state index is 0.316.